The lowest BCUT2D eigenvalue weighted by Crippen LogP contribution is -2.37. The van der Waals surface area contributed by atoms with Crippen LogP contribution in [0.1, 0.15) is 0 Å². The van der Waals surface area contributed by atoms with Gasteiger partial charge in [0, 0.05) is 25.4 Å². The highest BCUT2D eigenvalue weighted by atomic mass is 16.5. The molecule has 4 heterocycles. The van der Waals surface area contributed by atoms with Gasteiger partial charge in [0.1, 0.15) is 17.3 Å². The largest absolute Gasteiger partial charge is 0.495 e. The molecule has 0 spiro atoms. The molecule has 26 heavy (non-hydrogen) atoms. The smallest absolute Gasteiger partial charge is 0.230 e. The fraction of sp³-hybridized carbons (Fsp3) is 0.294. The molecule has 4 rings (SSSR count). The summed E-state index contributed by atoms with van der Waals surface area (Å²) in [6, 6.07) is 7.19. The predicted octanol–water partition coefficient (Wildman–Crippen LogP) is 2.12. The lowest BCUT2D eigenvalue weighted by Gasteiger charge is -2.26. The molecule has 0 aliphatic carbocycles. The zero-order valence-corrected chi connectivity index (χ0v) is 14.3. The number of anilines is 3. The molecule has 1 fully saturated rings. The van der Waals surface area contributed by atoms with E-state index in [9.17, 15) is 0 Å². The number of pyridine rings is 1. The van der Waals surface area contributed by atoms with Gasteiger partial charge in [0.25, 0.3) is 0 Å². The van der Waals surface area contributed by atoms with E-state index in [1.807, 2.05) is 12.1 Å². The van der Waals surface area contributed by atoms with Crippen molar-refractivity contribution in [1.29, 1.82) is 0 Å². The summed E-state index contributed by atoms with van der Waals surface area (Å²) >= 11 is 0. The van der Waals surface area contributed by atoms with Crippen LogP contribution < -0.4 is 15.0 Å². The number of aromatic nitrogens is 4. The Kier molecular flexibility index (Phi) is 4.61. The second-order valence-electron chi connectivity index (χ2n) is 5.63. The van der Waals surface area contributed by atoms with Gasteiger partial charge in [-0.15, -0.1) is 0 Å². The number of morpholine rings is 1. The minimum atomic E-state index is 0.476. The number of rotatable bonds is 5. The van der Waals surface area contributed by atoms with Crippen molar-refractivity contribution in [3.05, 3.63) is 36.7 Å². The quantitative estimate of drug-likeness (QED) is 0.738. The van der Waals surface area contributed by atoms with E-state index in [-0.39, 0.29) is 0 Å². The van der Waals surface area contributed by atoms with Crippen molar-refractivity contribution in [3.63, 3.8) is 0 Å². The molecule has 0 aromatic carbocycles. The van der Waals surface area contributed by atoms with Crippen LogP contribution in [0.4, 0.5) is 17.7 Å². The average Bonchev–Trinajstić information content (AvgIpc) is 3.17. The van der Waals surface area contributed by atoms with Gasteiger partial charge in [0.05, 0.1) is 32.2 Å². The van der Waals surface area contributed by atoms with E-state index in [2.05, 4.69) is 30.3 Å². The number of hydrogen-bond donors (Lipinski definition) is 1. The van der Waals surface area contributed by atoms with E-state index in [0.29, 0.717) is 48.0 Å². The molecule has 0 saturated carbocycles. The molecule has 0 bridgehead atoms. The molecular formula is C17H18N6O3. The number of ether oxygens (including phenoxy) is 2. The fourth-order valence-electron chi connectivity index (χ4n) is 2.57. The van der Waals surface area contributed by atoms with Crippen LogP contribution in [-0.2, 0) is 4.74 Å². The maximum Gasteiger partial charge on any atom is 0.230 e. The number of methoxy groups -OCH3 is 1. The van der Waals surface area contributed by atoms with Crippen molar-refractivity contribution in [2.75, 3.05) is 43.6 Å². The summed E-state index contributed by atoms with van der Waals surface area (Å²) in [5.74, 6) is 2.46. The Labute approximate surface area is 150 Å². The second-order valence-corrected chi connectivity index (χ2v) is 5.63. The third-order valence-electron chi connectivity index (χ3n) is 3.93. The molecule has 0 radical (unpaired) electrons. The summed E-state index contributed by atoms with van der Waals surface area (Å²) in [5.41, 5.74) is 1.32. The summed E-state index contributed by atoms with van der Waals surface area (Å²) in [6.45, 7) is 2.92. The van der Waals surface area contributed by atoms with Crippen molar-refractivity contribution in [2.45, 2.75) is 0 Å². The normalized spacial score (nSPS) is 14.3. The van der Waals surface area contributed by atoms with Gasteiger partial charge >= 0.3 is 0 Å². The van der Waals surface area contributed by atoms with Crippen LogP contribution in [0.2, 0.25) is 0 Å². The number of nitrogens with zero attached hydrogens (tertiary/aromatic N) is 5. The molecule has 0 amide bonds. The molecule has 3 aromatic heterocycles. The van der Waals surface area contributed by atoms with Crippen molar-refractivity contribution >= 4 is 17.7 Å². The van der Waals surface area contributed by atoms with Gasteiger partial charge in [0.15, 0.2) is 0 Å². The third kappa shape index (κ3) is 3.57. The van der Waals surface area contributed by atoms with Crippen LogP contribution >= 0.6 is 0 Å². The standard InChI is InChI=1S/C17H18N6O3/c1-24-12-2-3-13(19-11-12)14-10-16(26-22-14)20-15-4-5-18-17(21-15)23-6-8-25-9-7-23/h2-5,10-11H,6-9H2,1H3,(H,18,20,21). The van der Waals surface area contributed by atoms with E-state index >= 15 is 0 Å². The number of nitrogens with one attached hydrogen (secondary N) is 1. The van der Waals surface area contributed by atoms with E-state index in [1.54, 1.807) is 31.6 Å². The molecule has 3 aromatic rings. The summed E-state index contributed by atoms with van der Waals surface area (Å²) in [4.78, 5) is 15.2. The van der Waals surface area contributed by atoms with Gasteiger partial charge in [-0.1, -0.05) is 5.16 Å². The lowest BCUT2D eigenvalue weighted by atomic mass is 10.2. The molecule has 1 N–H and O–H groups in total. The average molecular weight is 354 g/mol. The Hall–Kier alpha value is -3.20. The van der Waals surface area contributed by atoms with Gasteiger partial charge in [-0.05, 0) is 18.2 Å². The van der Waals surface area contributed by atoms with E-state index in [4.69, 9.17) is 14.0 Å². The first-order valence-corrected chi connectivity index (χ1v) is 8.22. The summed E-state index contributed by atoms with van der Waals surface area (Å²) in [7, 11) is 1.60. The Bertz CT molecular complexity index is 861. The summed E-state index contributed by atoms with van der Waals surface area (Å²) in [5, 5.41) is 7.14. The van der Waals surface area contributed by atoms with Gasteiger partial charge in [0.2, 0.25) is 11.8 Å². The molecule has 1 aliphatic heterocycles. The minimum absolute atomic E-state index is 0.476. The maximum absolute atomic E-state index is 5.36. The Morgan fingerprint density at radius 3 is 2.77 bits per heavy atom. The molecule has 9 nitrogen and oxygen atoms in total. The highest BCUT2D eigenvalue weighted by Gasteiger charge is 2.15. The summed E-state index contributed by atoms with van der Waals surface area (Å²) in [6.07, 6.45) is 3.35. The summed E-state index contributed by atoms with van der Waals surface area (Å²) < 4.78 is 15.8. The first-order chi connectivity index (χ1) is 12.8. The van der Waals surface area contributed by atoms with E-state index in [1.165, 1.54) is 0 Å². The second kappa shape index (κ2) is 7.36. The van der Waals surface area contributed by atoms with Crippen molar-refractivity contribution in [3.8, 4) is 17.1 Å². The highest BCUT2D eigenvalue weighted by molar-refractivity contribution is 5.61. The van der Waals surface area contributed by atoms with Crippen LogP contribution in [0.5, 0.6) is 5.75 Å². The maximum atomic E-state index is 5.36. The molecule has 1 saturated heterocycles. The molecule has 0 atom stereocenters. The SMILES string of the molecule is COc1ccc(-c2cc(Nc3ccnc(N4CCOCC4)n3)on2)nc1. The van der Waals surface area contributed by atoms with Gasteiger partial charge in [-0.3, -0.25) is 4.98 Å². The molecule has 1 aliphatic rings. The number of hydrogen-bond acceptors (Lipinski definition) is 9. The first kappa shape index (κ1) is 16.3. The van der Waals surface area contributed by atoms with Gasteiger partial charge in [-0.25, -0.2) is 4.98 Å². The first-order valence-electron chi connectivity index (χ1n) is 8.22. The highest BCUT2D eigenvalue weighted by Crippen LogP contribution is 2.24. The third-order valence-corrected chi connectivity index (χ3v) is 3.93. The lowest BCUT2D eigenvalue weighted by molar-refractivity contribution is 0.122. The Balaban J connectivity index is 1.48. The Morgan fingerprint density at radius 2 is 2.00 bits per heavy atom. The van der Waals surface area contributed by atoms with Crippen molar-refractivity contribution < 1.29 is 14.0 Å². The van der Waals surface area contributed by atoms with E-state index < -0.39 is 0 Å². The molecule has 134 valence electrons. The molecule has 9 heteroatoms. The van der Waals surface area contributed by atoms with E-state index in [0.717, 1.165) is 13.1 Å². The van der Waals surface area contributed by atoms with Gasteiger partial charge < -0.3 is 24.2 Å². The van der Waals surface area contributed by atoms with Crippen LogP contribution in [0.15, 0.2) is 41.2 Å². The monoisotopic (exact) mass is 354 g/mol. The molecular weight excluding hydrogens is 336 g/mol. The van der Waals surface area contributed by atoms with Crippen LogP contribution in [0.3, 0.4) is 0 Å². The van der Waals surface area contributed by atoms with Crippen molar-refractivity contribution in [2.24, 2.45) is 0 Å². The van der Waals surface area contributed by atoms with Gasteiger partial charge in [-0.2, -0.15) is 4.98 Å². The Morgan fingerprint density at radius 1 is 1.12 bits per heavy atom. The van der Waals surface area contributed by atoms with Crippen LogP contribution in [-0.4, -0.2) is 53.5 Å². The zero-order valence-electron chi connectivity index (χ0n) is 14.3. The van der Waals surface area contributed by atoms with Crippen molar-refractivity contribution in [1.82, 2.24) is 20.1 Å². The predicted molar refractivity (Wildman–Crippen MR) is 94.6 cm³/mol. The van der Waals surface area contributed by atoms with Crippen LogP contribution in [0.25, 0.3) is 11.4 Å². The fourth-order valence-corrected chi connectivity index (χ4v) is 2.57. The zero-order chi connectivity index (χ0) is 17.8. The molecule has 0 unspecified atom stereocenters. The topological polar surface area (TPSA) is 98.4 Å². The van der Waals surface area contributed by atoms with Crippen LogP contribution in [0, 0.1) is 0 Å². The minimum Gasteiger partial charge on any atom is -0.495 e.